The van der Waals surface area contributed by atoms with Gasteiger partial charge in [-0.05, 0) is 49.4 Å². The number of hydrogen-bond donors (Lipinski definition) is 0. The van der Waals surface area contributed by atoms with Crippen LogP contribution in [0.3, 0.4) is 0 Å². The molecule has 0 fully saturated rings. The molecule has 7 heteroatoms. The highest BCUT2D eigenvalue weighted by Gasteiger charge is 2.19. The first-order valence-corrected chi connectivity index (χ1v) is 9.24. The average molecular weight is 393 g/mol. The molecule has 0 aliphatic rings. The molecule has 2 aromatic carbocycles. The van der Waals surface area contributed by atoms with E-state index >= 15 is 0 Å². The van der Waals surface area contributed by atoms with Gasteiger partial charge >= 0.3 is 0 Å². The zero-order chi connectivity index (χ0) is 20.6. The van der Waals surface area contributed by atoms with E-state index in [4.69, 9.17) is 14.0 Å². The molecular formula is C22H23N3O4. The van der Waals surface area contributed by atoms with Gasteiger partial charge < -0.3 is 18.9 Å². The van der Waals surface area contributed by atoms with Gasteiger partial charge in [0.2, 0.25) is 11.7 Å². The van der Waals surface area contributed by atoms with Crippen molar-refractivity contribution >= 4 is 5.91 Å². The van der Waals surface area contributed by atoms with Crippen LogP contribution in [0.2, 0.25) is 0 Å². The van der Waals surface area contributed by atoms with Crippen molar-refractivity contribution in [3.8, 4) is 22.9 Å². The van der Waals surface area contributed by atoms with Crippen molar-refractivity contribution in [3.05, 3.63) is 72.6 Å². The summed E-state index contributed by atoms with van der Waals surface area (Å²) < 4.78 is 16.0. The van der Waals surface area contributed by atoms with Gasteiger partial charge in [0.15, 0.2) is 0 Å². The minimum absolute atomic E-state index is 0.138. The maximum atomic E-state index is 12.9. The maximum absolute atomic E-state index is 12.9. The number of nitrogens with zero attached hydrogens (tertiary/aromatic N) is 3. The minimum Gasteiger partial charge on any atom is -0.497 e. The highest BCUT2D eigenvalue weighted by atomic mass is 16.5. The number of hydrogen-bond acceptors (Lipinski definition) is 6. The van der Waals surface area contributed by atoms with E-state index in [2.05, 4.69) is 16.7 Å². The molecular weight excluding hydrogens is 370 g/mol. The van der Waals surface area contributed by atoms with E-state index in [1.54, 1.807) is 42.4 Å². The van der Waals surface area contributed by atoms with Crippen LogP contribution in [-0.4, -0.2) is 41.2 Å². The summed E-state index contributed by atoms with van der Waals surface area (Å²) in [7, 11) is 1.61. The van der Waals surface area contributed by atoms with Crippen molar-refractivity contribution in [1.82, 2.24) is 15.0 Å². The number of amides is 1. The second-order valence-corrected chi connectivity index (χ2v) is 6.19. The Morgan fingerprint density at radius 1 is 1.21 bits per heavy atom. The molecule has 1 amide bonds. The molecule has 29 heavy (non-hydrogen) atoms. The van der Waals surface area contributed by atoms with Crippen LogP contribution in [0.15, 0.2) is 65.7 Å². The topological polar surface area (TPSA) is 77.7 Å². The lowest BCUT2D eigenvalue weighted by molar-refractivity contribution is 0.0734. The molecule has 0 radical (unpaired) electrons. The van der Waals surface area contributed by atoms with Gasteiger partial charge in [0, 0.05) is 17.7 Å². The third kappa shape index (κ3) is 5.01. The number of carbonyl (C=O) groups is 1. The molecule has 0 atom stereocenters. The Labute approximate surface area is 169 Å². The summed E-state index contributed by atoms with van der Waals surface area (Å²) in [6.45, 7) is 6.62. The number of carbonyl (C=O) groups excluding carboxylic acids is 1. The van der Waals surface area contributed by atoms with Gasteiger partial charge in [0.25, 0.3) is 5.91 Å². The standard InChI is InChI=1S/C22H23N3O4/c1-4-13-28-19-8-6-7-17(14-19)22(26)25(5-2)15-20-23-21(24-29-20)16-9-11-18(27-3)12-10-16/h4,6-12,14H,1,5,13,15H2,2-3H3. The van der Waals surface area contributed by atoms with Crippen LogP contribution in [0.5, 0.6) is 11.5 Å². The third-order valence-corrected chi connectivity index (χ3v) is 4.26. The molecule has 0 unspecified atom stereocenters. The lowest BCUT2D eigenvalue weighted by atomic mass is 10.2. The van der Waals surface area contributed by atoms with Gasteiger partial charge in [-0.25, -0.2) is 0 Å². The van der Waals surface area contributed by atoms with E-state index < -0.39 is 0 Å². The zero-order valence-electron chi connectivity index (χ0n) is 16.5. The van der Waals surface area contributed by atoms with Crippen molar-refractivity contribution in [1.29, 1.82) is 0 Å². The quantitative estimate of drug-likeness (QED) is 0.512. The van der Waals surface area contributed by atoms with E-state index in [9.17, 15) is 4.79 Å². The molecule has 7 nitrogen and oxygen atoms in total. The van der Waals surface area contributed by atoms with Gasteiger partial charge in [0.1, 0.15) is 24.7 Å². The van der Waals surface area contributed by atoms with E-state index in [0.717, 1.165) is 11.3 Å². The van der Waals surface area contributed by atoms with Crippen molar-refractivity contribution in [3.63, 3.8) is 0 Å². The van der Waals surface area contributed by atoms with Crippen molar-refractivity contribution < 1.29 is 18.8 Å². The van der Waals surface area contributed by atoms with E-state index in [1.165, 1.54) is 0 Å². The molecule has 0 spiro atoms. The van der Waals surface area contributed by atoms with E-state index in [-0.39, 0.29) is 12.5 Å². The molecule has 3 rings (SSSR count). The van der Waals surface area contributed by atoms with Gasteiger partial charge in [-0.3, -0.25) is 4.79 Å². The van der Waals surface area contributed by atoms with Crippen LogP contribution in [0.4, 0.5) is 0 Å². The van der Waals surface area contributed by atoms with Crippen LogP contribution in [0.1, 0.15) is 23.2 Å². The van der Waals surface area contributed by atoms with Crippen molar-refractivity contribution in [2.45, 2.75) is 13.5 Å². The Morgan fingerprint density at radius 3 is 2.69 bits per heavy atom. The number of ether oxygens (including phenoxy) is 2. The Morgan fingerprint density at radius 2 is 2.00 bits per heavy atom. The first-order valence-electron chi connectivity index (χ1n) is 9.24. The third-order valence-electron chi connectivity index (χ3n) is 4.26. The Hall–Kier alpha value is -3.61. The zero-order valence-corrected chi connectivity index (χ0v) is 16.5. The second kappa shape index (κ2) is 9.54. The normalized spacial score (nSPS) is 10.4. The number of aromatic nitrogens is 2. The summed E-state index contributed by atoms with van der Waals surface area (Å²) in [5, 5.41) is 4.01. The fraction of sp³-hybridized carbons (Fsp3) is 0.227. The average Bonchev–Trinajstić information content (AvgIpc) is 3.24. The van der Waals surface area contributed by atoms with Crippen LogP contribution < -0.4 is 9.47 Å². The monoisotopic (exact) mass is 393 g/mol. The van der Waals surface area contributed by atoms with Crippen molar-refractivity contribution in [2.75, 3.05) is 20.3 Å². The molecule has 0 N–H and O–H groups in total. The lowest BCUT2D eigenvalue weighted by Crippen LogP contribution is -2.30. The summed E-state index contributed by atoms with van der Waals surface area (Å²) >= 11 is 0. The summed E-state index contributed by atoms with van der Waals surface area (Å²) in [6, 6.07) is 14.4. The largest absolute Gasteiger partial charge is 0.497 e. The molecule has 150 valence electrons. The first kappa shape index (κ1) is 20.1. The molecule has 0 aliphatic carbocycles. The van der Waals surface area contributed by atoms with E-state index in [0.29, 0.717) is 36.2 Å². The molecule has 1 heterocycles. The van der Waals surface area contributed by atoms with Crippen molar-refractivity contribution in [2.24, 2.45) is 0 Å². The fourth-order valence-electron chi connectivity index (χ4n) is 2.72. The van der Waals surface area contributed by atoms with Crippen LogP contribution >= 0.6 is 0 Å². The predicted molar refractivity (Wildman–Crippen MR) is 109 cm³/mol. The molecule has 3 aromatic rings. The highest BCUT2D eigenvalue weighted by molar-refractivity contribution is 5.94. The SMILES string of the molecule is C=CCOc1cccc(C(=O)N(CC)Cc2nc(-c3ccc(OC)cc3)no2)c1. The first-order chi connectivity index (χ1) is 14.1. The molecule has 0 saturated heterocycles. The molecule has 0 bridgehead atoms. The number of rotatable bonds is 9. The van der Waals surface area contributed by atoms with Gasteiger partial charge in [-0.2, -0.15) is 4.98 Å². The fourth-order valence-corrected chi connectivity index (χ4v) is 2.72. The Kier molecular flexibility index (Phi) is 6.63. The summed E-state index contributed by atoms with van der Waals surface area (Å²) in [4.78, 5) is 18.9. The summed E-state index contributed by atoms with van der Waals surface area (Å²) in [5.74, 6) is 2.06. The molecule has 0 saturated carbocycles. The Balaban J connectivity index is 1.72. The highest BCUT2D eigenvalue weighted by Crippen LogP contribution is 2.21. The molecule has 1 aromatic heterocycles. The summed E-state index contributed by atoms with van der Waals surface area (Å²) in [5.41, 5.74) is 1.34. The smallest absolute Gasteiger partial charge is 0.254 e. The number of benzene rings is 2. The van der Waals surface area contributed by atoms with Gasteiger partial charge in [-0.1, -0.05) is 23.9 Å². The summed E-state index contributed by atoms with van der Waals surface area (Å²) in [6.07, 6.45) is 1.66. The van der Waals surface area contributed by atoms with Crippen LogP contribution in [0.25, 0.3) is 11.4 Å². The second-order valence-electron chi connectivity index (χ2n) is 6.19. The van der Waals surface area contributed by atoms with E-state index in [1.807, 2.05) is 31.2 Å². The Bertz CT molecular complexity index is 966. The predicted octanol–water partition coefficient (Wildman–Crippen LogP) is 3.97. The molecule has 0 aliphatic heterocycles. The van der Waals surface area contributed by atoms with Crippen LogP contribution in [-0.2, 0) is 6.54 Å². The van der Waals surface area contributed by atoms with Crippen LogP contribution in [0, 0.1) is 0 Å². The maximum Gasteiger partial charge on any atom is 0.254 e. The minimum atomic E-state index is -0.138. The van der Waals surface area contributed by atoms with Gasteiger partial charge in [0.05, 0.1) is 7.11 Å². The van der Waals surface area contributed by atoms with Gasteiger partial charge in [-0.15, -0.1) is 0 Å². The lowest BCUT2D eigenvalue weighted by Gasteiger charge is -2.19. The number of methoxy groups -OCH3 is 1.